The Morgan fingerprint density at radius 2 is 2.12 bits per heavy atom. The Morgan fingerprint density at radius 1 is 1.41 bits per heavy atom. The monoisotopic (exact) mass is 245 g/mol. The van der Waals surface area contributed by atoms with Crippen LogP contribution in [-0.2, 0) is 4.74 Å². The van der Waals surface area contributed by atoms with Gasteiger partial charge < -0.3 is 15.0 Å². The van der Waals surface area contributed by atoms with E-state index in [1.165, 1.54) is 0 Å². The van der Waals surface area contributed by atoms with Crippen molar-refractivity contribution in [3.8, 4) is 0 Å². The van der Waals surface area contributed by atoms with Gasteiger partial charge in [0.25, 0.3) is 0 Å². The molecule has 6 nitrogen and oxygen atoms in total. The minimum atomic E-state index is 0.532. The van der Waals surface area contributed by atoms with Crippen LogP contribution in [0.5, 0.6) is 0 Å². The summed E-state index contributed by atoms with van der Waals surface area (Å²) in [4.78, 5) is 6.51. The molecule has 0 fully saturated rings. The number of methoxy groups -OCH3 is 1. The van der Waals surface area contributed by atoms with E-state index in [2.05, 4.69) is 41.5 Å². The third-order valence-corrected chi connectivity index (χ3v) is 2.21. The Hall–Kier alpha value is -0.850. The first-order valence-electron chi connectivity index (χ1n) is 6.02. The van der Waals surface area contributed by atoms with E-state index >= 15 is 0 Å². The lowest BCUT2D eigenvalue weighted by Crippen LogP contribution is -2.44. The van der Waals surface area contributed by atoms with Gasteiger partial charge in [0.2, 0.25) is 5.96 Å². The van der Waals surface area contributed by atoms with Crippen LogP contribution in [0.1, 0.15) is 13.8 Å². The molecule has 0 atom stereocenters. The molecule has 0 bridgehead atoms. The fourth-order valence-corrected chi connectivity index (χ4v) is 1.15. The molecule has 17 heavy (non-hydrogen) atoms. The molecule has 0 aliphatic rings. The highest BCUT2D eigenvalue weighted by molar-refractivity contribution is 5.79. The van der Waals surface area contributed by atoms with Crippen LogP contribution in [0.25, 0.3) is 0 Å². The first kappa shape index (κ1) is 16.1. The lowest BCUT2D eigenvalue weighted by molar-refractivity contribution is 0.162. The number of nitrogens with one attached hydrogen (secondary N) is 2. The Labute approximate surface area is 105 Å². The van der Waals surface area contributed by atoms with E-state index in [1.807, 2.05) is 0 Å². The van der Waals surface area contributed by atoms with Gasteiger partial charge in [0.15, 0.2) is 0 Å². The van der Waals surface area contributed by atoms with Crippen LogP contribution in [0.15, 0.2) is 4.99 Å². The second-order valence-electron chi connectivity index (χ2n) is 4.45. The highest BCUT2D eigenvalue weighted by Crippen LogP contribution is 1.90. The highest BCUT2D eigenvalue weighted by Gasteiger charge is 1.99. The SMILES string of the molecule is COCCN(C)CCNC(=NCC(C)C)NN. The summed E-state index contributed by atoms with van der Waals surface area (Å²) in [5, 5.41) is 3.16. The van der Waals surface area contributed by atoms with E-state index in [9.17, 15) is 0 Å². The second kappa shape index (κ2) is 10.3. The molecule has 0 saturated heterocycles. The molecule has 102 valence electrons. The fraction of sp³-hybridized carbons (Fsp3) is 0.909. The Kier molecular flexibility index (Phi) is 9.80. The van der Waals surface area contributed by atoms with Gasteiger partial charge in [-0.15, -0.1) is 0 Å². The van der Waals surface area contributed by atoms with Gasteiger partial charge in [-0.3, -0.25) is 10.4 Å². The van der Waals surface area contributed by atoms with Crippen molar-refractivity contribution in [1.29, 1.82) is 0 Å². The summed E-state index contributed by atoms with van der Waals surface area (Å²) in [6, 6.07) is 0. The number of likely N-dealkylation sites (N-methyl/N-ethyl adjacent to an activating group) is 1. The highest BCUT2D eigenvalue weighted by atomic mass is 16.5. The van der Waals surface area contributed by atoms with Gasteiger partial charge >= 0.3 is 0 Å². The summed E-state index contributed by atoms with van der Waals surface area (Å²) in [7, 11) is 3.77. The van der Waals surface area contributed by atoms with Crippen LogP contribution >= 0.6 is 0 Å². The third-order valence-electron chi connectivity index (χ3n) is 2.21. The van der Waals surface area contributed by atoms with Crippen LogP contribution in [0.3, 0.4) is 0 Å². The van der Waals surface area contributed by atoms with Gasteiger partial charge in [-0.1, -0.05) is 13.8 Å². The molecule has 0 amide bonds. The van der Waals surface area contributed by atoms with E-state index in [0.29, 0.717) is 11.9 Å². The van der Waals surface area contributed by atoms with Crippen molar-refractivity contribution in [2.75, 3.05) is 46.9 Å². The standard InChI is InChI=1S/C11H27N5O/c1-10(2)9-14-11(15-12)13-5-6-16(3)7-8-17-4/h10H,5-9,12H2,1-4H3,(H2,13,14,15). The number of nitrogens with two attached hydrogens (primary N) is 1. The van der Waals surface area contributed by atoms with E-state index in [4.69, 9.17) is 10.6 Å². The quantitative estimate of drug-likeness (QED) is 0.235. The van der Waals surface area contributed by atoms with Gasteiger partial charge in [-0.2, -0.15) is 0 Å². The van der Waals surface area contributed by atoms with Gasteiger partial charge in [-0.25, -0.2) is 5.84 Å². The van der Waals surface area contributed by atoms with Crippen molar-refractivity contribution in [2.45, 2.75) is 13.8 Å². The van der Waals surface area contributed by atoms with Crippen LogP contribution in [0.4, 0.5) is 0 Å². The van der Waals surface area contributed by atoms with Crippen LogP contribution < -0.4 is 16.6 Å². The van der Waals surface area contributed by atoms with E-state index in [-0.39, 0.29) is 0 Å². The van der Waals surface area contributed by atoms with Crippen molar-refractivity contribution >= 4 is 5.96 Å². The van der Waals surface area contributed by atoms with Gasteiger partial charge in [0.1, 0.15) is 0 Å². The summed E-state index contributed by atoms with van der Waals surface area (Å²) in [5.74, 6) is 6.56. The maximum atomic E-state index is 5.38. The summed E-state index contributed by atoms with van der Waals surface area (Å²) in [5.41, 5.74) is 2.57. The number of hydrogen-bond acceptors (Lipinski definition) is 4. The van der Waals surface area contributed by atoms with Crippen LogP contribution in [0.2, 0.25) is 0 Å². The zero-order chi connectivity index (χ0) is 13.1. The molecule has 0 unspecified atom stereocenters. The zero-order valence-corrected chi connectivity index (χ0v) is 11.5. The smallest absolute Gasteiger partial charge is 0.205 e. The minimum absolute atomic E-state index is 0.532. The lowest BCUT2D eigenvalue weighted by atomic mass is 10.2. The molecule has 0 spiro atoms. The molecule has 4 N–H and O–H groups in total. The predicted molar refractivity (Wildman–Crippen MR) is 71.8 cm³/mol. The molecular weight excluding hydrogens is 218 g/mol. The Morgan fingerprint density at radius 3 is 2.65 bits per heavy atom. The number of nitrogens with zero attached hydrogens (tertiary/aromatic N) is 2. The number of guanidine groups is 1. The molecule has 0 aliphatic carbocycles. The summed E-state index contributed by atoms with van der Waals surface area (Å²) in [6.45, 7) is 8.41. The Balaban J connectivity index is 3.72. The number of hydrazine groups is 1. The van der Waals surface area contributed by atoms with Crippen molar-refractivity contribution in [3.63, 3.8) is 0 Å². The van der Waals surface area contributed by atoms with Crippen molar-refractivity contribution in [2.24, 2.45) is 16.8 Å². The van der Waals surface area contributed by atoms with E-state index in [0.717, 1.165) is 32.8 Å². The number of hydrogen-bond donors (Lipinski definition) is 3. The average Bonchev–Trinajstić information content (AvgIpc) is 2.30. The lowest BCUT2D eigenvalue weighted by Gasteiger charge is -2.17. The van der Waals surface area contributed by atoms with E-state index in [1.54, 1.807) is 7.11 Å². The Bertz CT molecular complexity index is 208. The third kappa shape index (κ3) is 10.0. The minimum Gasteiger partial charge on any atom is -0.383 e. The fourth-order valence-electron chi connectivity index (χ4n) is 1.15. The summed E-state index contributed by atoms with van der Waals surface area (Å²) in [6.07, 6.45) is 0. The molecule has 0 aromatic heterocycles. The molecule has 0 aromatic rings. The average molecular weight is 245 g/mol. The maximum absolute atomic E-state index is 5.38. The molecule has 0 heterocycles. The number of rotatable bonds is 8. The molecule has 0 saturated carbocycles. The normalized spacial score (nSPS) is 12.3. The predicted octanol–water partition coefficient (Wildman–Crippen LogP) is -0.370. The molecule has 0 rings (SSSR count). The topological polar surface area (TPSA) is 74.9 Å². The van der Waals surface area contributed by atoms with Crippen LogP contribution in [-0.4, -0.2) is 57.8 Å². The van der Waals surface area contributed by atoms with Crippen LogP contribution in [0, 0.1) is 5.92 Å². The first-order valence-corrected chi connectivity index (χ1v) is 6.02. The zero-order valence-electron chi connectivity index (χ0n) is 11.5. The van der Waals surface area contributed by atoms with Gasteiger partial charge in [0, 0.05) is 33.3 Å². The largest absolute Gasteiger partial charge is 0.383 e. The van der Waals surface area contributed by atoms with Crippen molar-refractivity contribution in [1.82, 2.24) is 15.6 Å². The molecule has 0 aliphatic heterocycles. The van der Waals surface area contributed by atoms with Crippen molar-refractivity contribution in [3.05, 3.63) is 0 Å². The molecular formula is C11H27N5O. The number of ether oxygens (including phenoxy) is 1. The first-order chi connectivity index (χ1) is 8.10. The van der Waals surface area contributed by atoms with E-state index < -0.39 is 0 Å². The molecule has 0 radical (unpaired) electrons. The van der Waals surface area contributed by atoms with Crippen molar-refractivity contribution < 1.29 is 4.74 Å². The molecule has 6 heteroatoms. The second-order valence-corrected chi connectivity index (χ2v) is 4.45. The summed E-state index contributed by atoms with van der Waals surface area (Å²) >= 11 is 0. The summed E-state index contributed by atoms with van der Waals surface area (Å²) < 4.78 is 5.01. The van der Waals surface area contributed by atoms with Gasteiger partial charge in [-0.05, 0) is 13.0 Å². The maximum Gasteiger partial charge on any atom is 0.205 e. The molecule has 0 aromatic carbocycles. The number of aliphatic imine (C=N–C) groups is 1. The van der Waals surface area contributed by atoms with Gasteiger partial charge in [0.05, 0.1) is 6.61 Å².